The third-order valence-corrected chi connectivity index (χ3v) is 10.3. The Labute approximate surface area is 218 Å². The molecule has 6 nitrogen and oxygen atoms in total. The lowest BCUT2D eigenvalue weighted by Gasteiger charge is -2.18. The smallest absolute Gasteiger partial charge is 0.207 e. The minimum absolute atomic E-state index is 0.230. The number of hydrogen-bond donors (Lipinski definition) is 0. The van der Waals surface area contributed by atoms with E-state index in [-0.39, 0.29) is 22.9 Å². The molecule has 0 atom stereocenters. The van der Waals surface area contributed by atoms with Gasteiger partial charge >= 0.3 is 0 Å². The second kappa shape index (κ2) is 9.87. The Morgan fingerprint density at radius 1 is 0.568 bits per heavy atom. The lowest BCUT2D eigenvalue weighted by atomic mass is 10.1. The average molecular weight is 533 g/mol. The Bertz CT molecular complexity index is 1530. The molecule has 0 unspecified atom stereocenters. The van der Waals surface area contributed by atoms with Crippen molar-refractivity contribution in [2.75, 3.05) is 14.1 Å². The van der Waals surface area contributed by atoms with Gasteiger partial charge in [-0.2, -0.15) is 8.61 Å². The van der Waals surface area contributed by atoms with Gasteiger partial charge in [-0.15, -0.1) is 0 Å². The number of benzene rings is 4. The van der Waals surface area contributed by atoms with Crippen LogP contribution in [0.3, 0.4) is 0 Å². The number of fused-ring (bicyclic) bond motifs is 3. The zero-order valence-electron chi connectivity index (χ0n) is 20.7. The second-order valence-electron chi connectivity index (χ2n) is 9.31. The van der Waals surface area contributed by atoms with Gasteiger partial charge in [0.25, 0.3) is 0 Å². The number of hydrogen-bond acceptors (Lipinski definition) is 4. The largest absolute Gasteiger partial charge is 0.243 e. The van der Waals surface area contributed by atoms with Crippen molar-refractivity contribution in [2.24, 2.45) is 0 Å². The van der Waals surface area contributed by atoms with Crippen molar-refractivity contribution in [3.63, 3.8) is 0 Å². The molecule has 0 fully saturated rings. The molecule has 4 aromatic carbocycles. The number of nitrogens with zero attached hydrogens (tertiary/aromatic N) is 2. The highest BCUT2D eigenvalue weighted by Gasteiger charge is 2.27. The quantitative estimate of drug-likeness (QED) is 0.285. The van der Waals surface area contributed by atoms with Crippen LogP contribution in [0, 0.1) is 0 Å². The summed E-state index contributed by atoms with van der Waals surface area (Å²) in [5, 5.41) is 0. The predicted molar refractivity (Wildman–Crippen MR) is 145 cm³/mol. The topological polar surface area (TPSA) is 74.8 Å². The molecule has 190 valence electrons. The van der Waals surface area contributed by atoms with Crippen LogP contribution in [0.15, 0.2) is 107 Å². The standard InChI is InChI=1S/C29H28N2O4S2/c1-30(20-22-9-5-3-6-10-22)36(32,33)26-13-15-28-24(18-26)17-25-19-27(14-16-29(25)28)37(34,35)31(2)21-23-11-7-4-8-12-23/h3-16,18-19H,17,20-21H2,1-2H3. The molecule has 0 spiro atoms. The van der Waals surface area contributed by atoms with Gasteiger partial charge in [-0.3, -0.25) is 0 Å². The molecule has 0 amide bonds. The molecule has 0 bridgehead atoms. The molecule has 4 aromatic rings. The highest BCUT2D eigenvalue weighted by Crippen LogP contribution is 2.39. The van der Waals surface area contributed by atoms with Crippen LogP contribution in [0.2, 0.25) is 0 Å². The van der Waals surface area contributed by atoms with E-state index >= 15 is 0 Å². The summed E-state index contributed by atoms with van der Waals surface area (Å²) in [6.07, 6.45) is 0.474. The normalized spacial score (nSPS) is 13.1. The Balaban J connectivity index is 1.38. The maximum Gasteiger partial charge on any atom is 0.243 e. The molecule has 0 heterocycles. The highest BCUT2D eigenvalue weighted by atomic mass is 32.2. The molecule has 5 rings (SSSR count). The zero-order valence-corrected chi connectivity index (χ0v) is 22.3. The van der Waals surface area contributed by atoms with Crippen LogP contribution >= 0.6 is 0 Å². The van der Waals surface area contributed by atoms with E-state index in [4.69, 9.17) is 0 Å². The van der Waals surface area contributed by atoms with Crippen molar-refractivity contribution in [3.8, 4) is 11.1 Å². The second-order valence-corrected chi connectivity index (χ2v) is 13.4. The van der Waals surface area contributed by atoms with Crippen molar-refractivity contribution in [1.29, 1.82) is 0 Å². The average Bonchev–Trinajstić information content (AvgIpc) is 3.27. The Kier molecular flexibility index (Phi) is 6.76. The summed E-state index contributed by atoms with van der Waals surface area (Å²) in [6, 6.07) is 29.2. The maximum absolute atomic E-state index is 13.3. The van der Waals surface area contributed by atoms with Crippen LogP contribution in [-0.4, -0.2) is 39.5 Å². The first-order chi connectivity index (χ1) is 17.7. The first-order valence-corrected chi connectivity index (χ1v) is 14.8. The van der Waals surface area contributed by atoms with Gasteiger partial charge < -0.3 is 0 Å². The fraction of sp³-hybridized carbons (Fsp3) is 0.172. The van der Waals surface area contributed by atoms with Crippen molar-refractivity contribution in [1.82, 2.24) is 8.61 Å². The summed E-state index contributed by atoms with van der Waals surface area (Å²) in [5.41, 5.74) is 5.43. The van der Waals surface area contributed by atoms with Gasteiger partial charge in [-0.25, -0.2) is 16.8 Å². The van der Waals surface area contributed by atoms with Gasteiger partial charge in [-0.1, -0.05) is 72.8 Å². The number of rotatable bonds is 8. The molecule has 1 aliphatic carbocycles. The van der Waals surface area contributed by atoms with Gasteiger partial charge in [0.1, 0.15) is 0 Å². The van der Waals surface area contributed by atoms with Crippen LogP contribution in [0.4, 0.5) is 0 Å². The summed E-state index contributed by atoms with van der Waals surface area (Å²) in [6.45, 7) is 0.552. The van der Waals surface area contributed by atoms with Crippen molar-refractivity contribution >= 4 is 20.0 Å². The fourth-order valence-electron chi connectivity index (χ4n) is 4.70. The summed E-state index contributed by atoms with van der Waals surface area (Å²) in [7, 11) is -4.22. The highest BCUT2D eigenvalue weighted by molar-refractivity contribution is 7.89. The molecular weight excluding hydrogens is 504 g/mol. The van der Waals surface area contributed by atoms with Gasteiger partial charge in [0.15, 0.2) is 0 Å². The van der Waals surface area contributed by atoms with Crippen LogP contribution in [0.1, 0.15) is 22.3 Å². The first kappa shape index (κ1) is 25.4. The van der Waals surface area contributed by atoms with Crippen LogP contribution in [-0.2, 0) is 39.6 Å². The van der Waals surface area contributed by atoms with E-state index < -0.39 is 20.0 Å². The summed E-state index contributed by atoms with van der Waals surface area (Å²) >= 11 is 0. The van der Waals surface area contributed by atoms with Crippen molar-refractivity contribution in [3.05, 3.63) is 119 Å². The Hall–Kier alpha value is -3.30. The minimum atomic E-state index is -3.69. The van der Waals surface area contributed by atoms with E-state index in [0.717, 1.165) is 33.4 Å². The molecule has 0 saturated carbocycles. The first-order valence-electron chi connectivity index (χ1n) is 11.9. The Morgan fingerprint density at radius 2 is 0.946 bits per heavy atom. The van der Waals surface area contributed by atoms with E-state index in [0.29, 0.717) is 6.42 Å². The molecule has 0 radical (unpaired) electrons. The van der Waals surface area contributed by atoms with Crippen molar-refractivity contribution in [2.45, 2.75) is 29.3 Å². The molecule has 8 heteroatoms. The van der Waals surface area contributed by atoms with Crippen LogP contribution in [0.5, 0.6) is 0 Å². The fourth-order valence-corrected chi connectivity index (χ4v) is 7.12. The van der Waals surface area contributed by atoms with Crippen molar-refractivity contribution < 1.29 is 16.8 Å². The van der Waals surface area contributed by atoms with E-state index in [1.165, 1.54) is 8.61 Å². The molecule has 0 aliphatic heterocycles. The molecule has 0 N–H and O–H groups in total. The van der Waals surface area contributed by atoms with E-state index in [1.807, 2.05) is 72.8 Å². The third-order valence-electron chi connectivity index (χ3n) is 6.74. The van der Waals surface area contributed by atoms with Gasteiger partial charge in [0.05, 0.1) is 9.79 Å². The molecular formula is C29H28N2O4S2. The van der Waals surface area contributed by atoms with Gasteiger partial charge in [0, 0.05) is 27.2 Å². The molecule has 37 heavy (non-hydrogen) atoms. The van der Waals surface area contributed by atoms with Gasteiger partial charge in [0.2, 0.25) is 20.0 Å². The Morgan fingerprint density at radius 3 is 1.32 bits per heavy atom. The van der Waals surface area contributed by atoms with E-state index in [2.05, 4.69) is 0 Å². The summed E-state index contributed by atoms with van der Waals surface area (Å²) in [4.78, 5) is 0.459. The summed E-state index contributed by atoms with van der Waals surface area (Å²) in [5.74, 6) is 0. The van der Waals surface area contributed by atoms with Gasteiger partial charge in [-0.05, 0) is 64.1 Å². The molecule has 0 aromatic heterocycles. The van der Waals surface area contributed by atoms with E-state index in [9.17, 15) is 16.8 Å². The number of sulfonamides is 2. The lowest BCUT2D eigenvalue weighted by Crippen LogP contribution is -2.26. The van der Waals surface area contributed by atoms with E-state index in [1.54, 1.807) is 38.4 Å². The lowest BCUT2D eigenvalue weighted by molar-refractivity contribution is 0.466. The zero-order chi connectivity index (χ0) is 26.2. The van der Waals surface area contributed by atoms with Crippen LogP contribution < -0.4 is 0 Å². The van der Waals surface area contributed by atoms with Crippen LogP contribution in [0.25, 0.3) is 11.1 Å². The predicted octanol–water partition coefficient (Wildman–Crippen LogP) is 4.90. The third kappa shape index (κ3) is 4.98. The molecule has 1 aliphatic rings. The maximum atomic E-state index is 13.3. The SMILES string of the molecule is CN(Cc1ccccc1)S(=O)(=O)c1ccc2c(c1)Cc1cc(S(=O)(=O)N(C)Cc3ccccc3)ccc1-2. The molecule has 0 saturated heterocycles. The minimum Gasteiger partial charge on any atom is -0.207 e. The summed E-state index contributed by atoms with van der Waals surface area (Å²) < 4.78 is 55.7. The monoisotopic (exact) mass is 532 g/mol.